The summed E-state index contributed by atoms with van der Waals surface area (Å²) in [7, 11) is 0. The van der Waals surface area contributed by atoms with E-state index in [0.29, 0.717) is 0 Å². The minimum absolute atomic E-state index is 0.0393. The van der Waals surface area contributed by atoms with E-state index >= 15 is 0 Å². The molecule has 5 atom stereocenters. The first-order valence-corrected chi connectivity index (χ1v) is 12.2. The van der Waals surface area contributed by atoms with E-state index in [4.69, 9.17) is 4.74 Å². The number of carbonyl (C=O) groups is 3. The van der Waals surface area contributed by atoms with Gasteiger partial charge in [0.25, 0.3) is 0 Å². The Balaban J connectivity index is 1.25. The lowest BCUT2D eigenvalue weighted by Gasteiger charge is -2.31. The zero-order valence-corrected chi connectivity index (χ0v) is 19.5. The van der Waals surface area contributed by atoms with Crippen LogP contribution in [0.2, 0.25) is 0 Å². The number of fused-ring (bicyclic) bond motifs is 5. The zero-order valence-electron chi connectivity index (χ0n) is 19.5. The third-order valence-corrected chi connectivity index (χ3v) is 7.86. The van der Waals surface area contributed by atoms with Gasteiger partial charge in [-0.3, -0.25) is 4.79 Å². The number of carbonyl (C=O) groups excluding carboxylic acids is 2. The highest BCUT2D eigenvalue weighted by Crippen LogP contribution is 2.49. The van der Waals surface area contributed by atoms with Crippen molar-refractivity contribution in [2.75, 3.05) is 6.61 Å². The molecule has 2 bridgehead atoms. The van der Waals surface area contributed by atoms with Crippen LogP contribution in [0, 0.1) is 17.8 Å². The molecule has 3 aliphatic rings. The lowest BCUT2D eigenvalue weighted by molar-refractivity contribution is -0.142. The van der Waals surface area contributed by atoms with Crippen LogP contribution in [0.1, 0.15) is 42.7 Å². The highest BCUT2D eigenvalue weighted by Gasteiger charge is 2.52. The molecule has 0 aliphatic heterocycles. The van der Waals surface area contributed by atoms with Crippen LogP contribution >= 0.6 is 0 Å². The summed E-state index contributed by atoms with van der Waals surface area (Å²) in [5, 5.41) is 15.0. The van der Waals surface area contributed by atoms with Crippen molar-refractivity contribution in [2.45, 2.75) is 43.7 Å². The first kappa shape index (κ1) is 23.1. The highest BCUT2D eigenvalue weighted by atomic mass is 16.5. The molecule has 3 N–H and O–H groups in total. The summed E-state index contributed by atoms with van der Waals surface area (Å²) in [5.74, 6) is -1.59. The number of alkyl carbamates (subject to hydrolysis) is 1. The van der Waals surface area contributed by atoms with Gasteiger partial charge in [-0.2, -0.15) is 0 Å². The van der Waals surface area contributed by atoms with Crippen molar-refractivity contribution >= 4 is 18.0 Å². The van der Waals surface area contributed by atoms with E-state index in [0.717, 1.165) is 41.5 Å². The first-order chi connectivity index (χ1) is 17.0. The average Bonchev–Trinajstić information content (AvgIpc) is 3.54. The summed E-state index contributed by atoms with van der Waals surface area (Å²) >= 11 is 0. The Kier molecular flexibility index (Phi) is 6.32. The molecule has 7 nitrogen and oxygen atoms in total. The van der Waals surface area contributed by atoms with Gasteiger partial charge < -0.3 is 20.5 Å². The Bertz CT molecular complexity index is 1120. The molecule has 2 saturated carbocycles. The lowest BCUT2D eigenvalue weighted by Crippen LogP contribution is -2.52. The van der Waals surface area contributed by atoms with E-state index in [9.17, 15) is 19.5 Å². The Morgan fingerprint density at radius 1 is 1.03 bits per heavy atom. The van der Waals surface area contributed by atoms with Gasteiger partial charge >= 0.3 is 12.1 Å². The number of benzene rings is 2. The smallest absolute Gasteiger partial charge is 0.407 e. The van der Waals surface area contributed by atoms with E-state index in [1.54, 1.807) is 0 Å². The van der Waals surface area contributed by atoms with Gasteiger partial charge in [-0.25, -0.2) is 9.59 Å². The van der Waals surface area contributed by atoms with Crippen molar-refractivity contribution in [3.8, 4) is 11.1 Å². The number of carboxylic acids is 1. The minimum atomic E-state index is -1.09. The van der Waals surface area contributed by atoms with Crippen molar-refractivity contribution in [2.24, 2.45) is 17.8 Å². The molecule has 0 saturated heterocycles. The summed E-state index contributed by atoms with van der Waals surface area (Å²) < 4.78 is 5.71. The molecule has 2 fully saturated rings. The summed E-state index contributed by atoms with van der Waals surface area (Å²) in [5.41, 5.74) is 4.60. The summed E-state index contributed by atoms with van der Waals surface area (Å²) in [6, 6.07) is 14.9. The second kappa shape index (κ2) is 9.56. The number of rotatable bonds is 8. The molecule has 2 aromatic carbocycles. The van der Waals surface area contributed by atoms with Crippen LogP contribution in [0.4, 0.5) is 4.79 Å². The molecule has 182 valence electrons. The summed E-state index contributed by atoms with van der Waals surface area (Å²) in [6.07, 6.45) is 3.79. The molecule has 2 aromatic rings. The number of hydrogen-bond donors (Lipinski definition) is 3. The van der Waals surface area contributed by atoms with Crippen molar-refractivity contribution < 1.29 is 24.2 Å². The predicted octanol–water partition coefficient (Wildman–Crippen LogP) is 4.09. The maximum Gasteiger partial charge on any atom is 0.407 e. The molecular formula is C28H30N2O5. The van der Waals surface area contributed by atoms with Gasteiger partial charge in [-0.05, 0) is 59.8 Å². The van der Waals surface area contributed by atoms with E-state index < -0.39 is 24.0 Å². The van der Waals surface area contributed by atoms with Gasteiger partial charge in [0.1, 0.15) is 12.6 Å². The molecule has 5 unspecified atom stereocenters. The predicted molar refractivity (Wildman–Crippen MR) is 131 cm³/mol. The van der Waals surface area contributed by atoms with Gasteiger partial charge in [-0.15, -0.1) is 6.58 Å². The number of amides is 2. The fourth-order valence-corrected chi connectivity index (χ4v) is 6.31. The van der Waals surface area contributed by atoms with Gasteiger partial charge in [0.15, 0.2) is 0 Å². The third-order valence-electron chi connectivity index (χ3n) is 7.86. The molecule has 3 aliphatic carbocycles. The fourth-order valence-electron chi connectivity index (χ4n) is 6.31. The van der Waals surface area contributed by atoms with Gasteiger partial charge in [-0.1, -0.05) is 54.6 Å². The monoisotopic (exact) mass is 474 g/mol. The van der Waals surface area contributed by atoms with Crippen molar-refractivity contribution in [3.05, 3.63) is 72.3 Å². The number of nitrogens with one attached hydrogen (secondary N) is 2. The molecule has 7 heteroatoms. The van der Waals surface area contributed by atoms with Crippen LogP contribution in [-0.2, 0) is 14.3 Å². The summed E-state index contributed by atoms with van der Waals surface area (Å²) in [6.45, 7) is 3.78. The highest BCUT2D eigenvalue weighted by molar-refractivity contribution is 5.86. The third kappa shape index (κ3) is 4.31. The molecule has 0 radical (unpaired) electrons. The van der Waals surface area contributed by atoms with Crippen molar-refractivity contribution in [3.63, 3.8) is 0 Å². The summed E-state index contributed by atoms with van der Waals surface area (Å²) in [4.78, 5) is 37.4. The largest absolute Gasteiger partial charge is 0.480 e. The molecule has 0 spiro atoms. The maximum atomic E-state index is 13.1. The molecule has 2 amide bonds. The molecular weight excluding hydrogens is 444 g/mol. The van der Waals surface area contributed by atoms with Crippen LogP contribution in [0.15, 0.2) is 61.2 Å². The molecule has 0 aromatic heterocycles. The molecule has 0 heterocycles. The van der Waals surface area contributed by atoms with Crippen molar-refractivity contribution in [1.29, 1.82) is 0 Å². The van der Waals surface area contributed by atoms with E-state index in [2.05, 4.69) is 41.5 Å². The second-order valence-corrected chi connectivity index (χ2v) is 9.78. The number of ether oxygens (including phenoxy) is 1. The van der Waals surface area contributed by atoms with Crippen LogP contribution in [0.25, 0.3) is 11.1 Å². The number of aliphatic carboxylic acids is 1. The van der Waals surface area contributed by atoms with Crippen LogP contribution in [0.5, 0.6) is 0 Å². The van der Waals surface area contributed by atoms with Crippen LogP contribution in [-0.4, -0.2) is 41.8 Å². The normalized spacial score (nSPS) is 24.8. The van der Waals surface area contributed by atoms with E-state index in [1.807, 2.05) is 24.3 Å². The van der Waals surface area contributed by atoms with Crippen LogP contribution < -0.4 is 10.6 Å². The standard InChI is InChI=1S/C28H30N2O5/c1-2-7-23(27(32)33)29-26(31)24-16-12-13-17(14-16)25(24)30-28(34)35-15-22-20-10-5-3-8-18(20)19-9-4-6-11-21(19)22/h2-6,8-11,16-17,22-25H,1,7,12-15H2,(H,29,31)(H,30,34)(H,32,33). The van der Waals surface area contributed by atoms with Gasteiger partial charge in [0.2, 0.25) is 5.91 Å². The fraction of sp³-hybridized carbons (Fsp3) is 0.393. The first-order valence-electron chi connectivity index (χ1n) is 12.2. The minimum Gasteiger partial charge on any atom is -0.480 e. The number of carboxylic acid groups (broad SMARTS) is 1. The Hall–Kier alpha value is -3.61. The Morgan fingerprint density at radius 3 is 2.29 bits per heavy atom. The molecule has 5 rings (SSSR count). The maximum absolute atomic E-state index is 13.1. The second-order valence-electron chi connectivity index (χ2n) is 9.78. The van der Waals surface area contributed by atoms with Crippen molar-refractivity contribution in [1.82, 2.24) is 10.6 Å². The zero-order chi connectivity index (χ0) is 24.5. The average molecular weight is 475 g/mol. The number of hydrogen-bond acceptors (Lipinski definition) is 4. The molecule has 35 heavy (non-hydrogen) atoms. The van der Waals surface area contributed by atoms with Gasteiger partial charge in [0.05, 0.1) is 5.92 Å². The van der Waals surface area contributed by atoms with Crippen LogP contribution in [0.3, 0.4) is 0 Å². The van der Waals surface area contributed by atoms with E-state index in [-0.39, 0.29) is 42.7 Å². The van der Waals surface area contributed by atoms with Gasteiger partial charge in [0, 0.05) is 12.0 Å². The topological polar surface area (TPSA) is 105 Å². The lowest BCUT2D eigenvalue weighted by atomic mass is 9.83. The SMILES string of the molecule is C=CCC(NC(=O)C1C2CCC(C2)C1NC(=O)OCC1c2ccccc2-c2ccccc21)C(=O)O. The van der Waals surface area contributed by atoms with E-state index in [1.165, 1.54) is 6.08 Å². The quantitative estimate of drug-likeness (QED) is 0.500. The Morgan fingerprint density at radius 2 is 1.66 bits per heavy atom. The Labute approximate surface area is 204 Å².